The molecule has 0 saturated carbocycles. The summed E-state index contributed by atoms with van der Waals surface area (Å²) in [6.07, 6.45) is 0. The first kappa shape index (κ1) is 18.3. The summed E-state index contributed by atoms with van der Waals surface area (Å²) < 4.78 is 27.5. The lowest BCUT2D eigenvalue weighted by Gasteiger charge is -2.26. The first-order valence-electron chi connectivity index (χ1n) is 5.24. The quantitative estimate of drug-likeness (QED) is 0.413. The minimum Gasteiger partial charge on any atom is -0.193 e. The molecule has 0 aromatic carbocycles. The Kier molecular flexibility index (Phi) is 7.62. The van der Waals surface area contributed by atoms with Crippen LogP contribution in [0.15, 0.2) is 13.5 Å². The average molecular weight is 408 g/mol. The fraction of sp³-hybridized carbons (Fsp3) is 1.00. The van der Waals surface area contributed by atoms with Gasteiger partial charge in [-0.3, -0.25) is 0 Å². The molecule has 1 atom stereocenters. The minimum atomic E-state index is -3.30. The van der Waals surface area contributed by atoms with Gasteiger partial charge >= 0.3 is 6.72 Å². The zero-order valence-electron chi connectivity index (χ0n) is 10.2. The number of hydrogen-bond donors (Lipinski definition) is 0. The molecule has 0 aromatic heterocycles. The molecule has 0 fully saturated rings. The van der Waals surface area contributed by atoms with Crippen LogP contribution in [0, 0.1) is 0 Å². The van der Waals surface area contributed by atoms with Crippen molar-refractivity contribution in [2.75, 3.05) is 17.3 Å². The van der Waals surface area contributed by atoms with Gasteiger partial charge in [-0.25, -0.2) is 0 Å². The second-order valence-electron chi connectivity index (χ2n) is 2.94. The Balaban J connectivity index is 3.38. The fourth-order valence-corrected chi connectivity index (χ4v) is 28.6. The van der Waals surface area contributed by atoms with Crippen LogP contribution in [0.2, 0.25) is 0 Å². The summed E-state index contributed by atoms with van der Waals surface area (Å²) in [5.41, 5.74) is -2.23. The summed E-state index contributed by atoms with van der Waals surface area (Å²) in [7, 11) is 0. The van der Waals surface area contributed by atoms with Crippen LogP contribution in [0.3, 0.4) is 0 Å². The molecule has 0 spiro atoms. The second-order valence-corrected chi connectivity index (χ2v) is 21.2. The molecule has 0 radical (unpaired) electrons. The summed E-state index contributed by atoms with van der Waals surface area (Å²) in [6, 6.07) is 0. The van der Waals surface area contributed by atoms with Gasteiger partial charge in [-0.15, -0.1) is 0 Å². The van der Waals surface area contributed by atoms with Crippen molar-refractivity contribution in [3.63, 3.8) is 0 Å². The van der Waals surface area contributed by atoms with Gasteiger partial charge < -0.3 is 0 Å². The van der Waals surface area contributed by atoms with E-state index in [0.29, 0.717) is 5.75 Å². The third-order valence-electron chi connectivity index (χ3n) is 1.55. The van der Waals surface area contributed by atoms with E-state index in [-0.39, 0.29) is 0 Å². The van der Waals surface area contributed by atoms with Crippen LogP contribution >= 0.6 is 74.9 Å². The highest BCUT2D eigenvalue weighted by molar-refractivity contribution is 8.92. The van der Waals surface area contributed by atoms with Crippen molar-refractivity contribution in [2.24, 2.45) is 13.5 Å². The predicted molar refractivity (Wildman–Crippen MR) is 95.3 cm³/mol. The largest absolute Gasteiger partial charge is 0.304 e. The molecular formula is C6H15Cl2FN3P3S3. The van der Waals surface area contributed by atoms with Gasteiger partial charge in [-0.05, 0) is 34.0 Å². The summed E-state index contributed by atoms with van der Waals surface area (Å²) in [6.45, 7) is 2.60. The van der Waals surface area contributed by atoms with Crippen LogP contribution in [0.25, 0.3) is 0 Å². The third kappa shape index (κ3) is 5.22. The predicted octanol–water partition coefficient (Wildman–Crippen LogP) is 8.54. The highest BCUT2D eigenvalue weighted by Gasteiger charge is 2.36. The molecule has 0 N–H and O–H groups in total. The maximum absolute atomic E-state index is 14.8. The minimum absolute atomic E-state index is 0.610. The highest BCUT2D eigenvalue weighted by Crippen LogP contribution is 2.91. The van der Waals surface area contributed by atoms with Crippen molar-refractivity contribution in [1.82, 2.24) is 0 Å². The Hall–Kier alpha value is 2.25. The number of hydrogen-bond acceptors (Lipinski definition) is 6. The Morgan fingerprint density at radius 1 is 0.889 bits per heavy atom. The van der Waals surface area contributed by atoms with Crippen LogP contribution in [-0.4, -0.2) is 17.3 Å². The molecule has 1 heterocycles. The molecule has 0 amide bonds. The number of rotatable bonds is 6. The molecule has 0 aromatic rings. The molecule has 108 valence electrons. The van der Waals surface area contributed by atoms with Crippen molar-refractivity contribution in [2.45, 2.75) is 20.8 Å². The second kappa shape index (κ2) is 7.49. The molecule has 0 saturated heterocycles. The summed E-state index contributed by atoms with van der Waals surface area (Å²) in [4.78, 5) is 0. The Morgan fingerprint density at radius 3 is 1.83 bits per heavy atom. The van der Waals surface area contributed by atoms with E-state index in [1.807, 2.05) is 20.8 Å². The first-order valence-corrected chi connectivity index (χ1v) is 16.8. The van der Waals surface area contributed by atoms with Gasteiger partial charge in [-0.2, -0.15) is 17.7 Å². The maximum Gasteiger partial charge on any atom is 0.304 e. The molecular weight excluding hydrogens is 393 g/mol. The van der Waals surface area contributed by atoms with E-state index in [9.17, 15) is 4.20 Å². The zero-order valence-corrected chi connectivity index (χ0v) is 16.8. The molecule has 1 unspecified atom stereocenters. The van der Waals surface area contributed by atoms with E-state index in [0.717, 1.165) is 22.9 Å². The van der Waals surface area contributed by atoms with Gasteiger partial charge in [0.05, 0.1) is 0 Å². The topological polar surface area (TPSA) is 37.1 Å². The molecule has 1 aliphatic heterocycles. The van der Waals surface area contributed by atoms with Crippen LogP contribution in [0.1, 0.15) is 20.8 Å². The van der Waals surface area contributed by atoms with Crippen molar-refractivity contribution >= 4 is 74.9 Å². The monoisotopic (exact) mass is 407 g/mol. The van der Waals surface area contributed by atoms with Gasteiger partial charge in [-0.1, -0.05) is 54.9 Å². The van der Waals surface area contributed by atoms with Gasteiger partial charge in [0, 0.05) is 5.75 Å². The summed E-state index contributed by atoms with van der Waals surface area (Å²) in [5.74, 6) is -0.661. The molecule has 1 rings (SSSR count). The molecule has 0 bridgehead atoms. The summed E-state index contributed by atoms with van der Waals surface area (Å²) in [5, 5.41) is 0. The lowest BCUT2D eigenvalue weighted by atomic mass is 11.0. The van der Waals surface area contributed by atoms with Gasteiger partial charge in [0.1, 0.15) is 0 Å². The first-order chi connectivity index (χ1) is 8.30. The molecule has 0 aliphatic carbocycles. The average Bonchev–Trinajstić information content (AvgIpc) is 2.13. The van der Waals surface area contributed by atoms with E-state index < -0.39 is 18.2 Å². The van der Waals surface area contributed by atoms with Crippen LogP contribution in [0.5, 0.6) is 0 Å². The number of nitrogens with zero attached hydrogens (tertiary/aromatic N) is 3. The lowest BCUT2D eigenvalue weighted by molar-refractivity contribution is 0.899. The molecule has 12 heteroatoms. The Bertz CT molecular complexity index is 456. The van der Waals surface area contributed by atoms with Crippen molar-refractivity contribution < 1.29 is 4.20 Å². The van der Waals surface area contributed by atoms with E-state index in [1.165, 1.54) is 0 Å². The lowest BCUT2D eigenvalue weighted by Crippen LogP contribution is -1.77. The molecule has 1 aliphatic rings. The van der Waals surface area contributed by atoms with Gasteiger partial charge in [0.15, 0.2) is 5.61 Å². The van der Waals surface area contributed by atoms with Gasteiger partial charge in [0.2, 0.25) is 0 Å². The molecule has 3 nitrogen and oxygen atoms in total. The fourth-order valence-electron chi connectivity index (χ4n) is 1.15. The van der Waals surface area contributed by atoms with Crippen molar-refractivity contribution in [3.05, 3.63) is 0 Å². The molecule has 18 heavy (non-hydrogen) atoms. The SMILES string of the molecule is CCSP1(F)=NP(Cl)(Cl)=NP(SCC)(SCC)=N1. The Morgan fingerprint density at radius 2 is 1.39 bits per heavy atom. The standard InChI is InChI=1S/C6H15Cl2FN3P3S3/c1-4-16-14(9)10-13(7,8)11-15(12-14,17-5-2)18-6-3/h4-6H2,1-3H3. The van der Waals surface area contributed by atoms with Crippen molar-refractivity contribution in [3.8, 4) is 0 Å². The van der Waals surface area contributed by atoms with E-state index in [4.69, 9.17) is 22.5 Å². The van der Waals surface area contributed by atoms with Crippen LogP contribution in [-0.2, 0) is 0 Å². The smallest absolute Gasteiger partial charge is 0.193 e. The zero-order chi connectivity index (χ0) is 13.9. The van der Waals surface area contributed by atoms with E-state index in [2.05, 4.69) is 13.5 Å². The Labute approximate surface area is 130 Å². The normalized spacial score (nSPS) is 29.0. The van der Waals surface area contributed by atoms with E-state index in [1.54, 1.807) is 22.8 Å². The highest BCUT2D eigenvalue weighted by atomic mass is 35.9. The van der Waals surface area contributed by atoms with Crippen LogP contribution in [0.4, 0.5) is 4.20 Å². The number of halogens is 3. The maximum atomic E-state index is 14.8. The van der Waals surface area contributed by atoms with E-state index >= 15 is 0 Å². The third-order valence-corrected chi connectivity index (χ3v) is 22.2. The van der Waals surface area contributed by atoms with Crippen molar-refractivity contribution in [1.29, 1.82) is 0 Å². The van der Waals surface area contributed by atoms with Gasteiger partial charge in [0.25, 0.3) is 5.91 Å². The summed E-state index contributed by atoms with van der Waals surface area (Å²) >= 11 is 16.5. The van der Waals surface area contributed by atoms with Crippen LogP contribution < -0.4 is 0 Å².